The van der Waals surface area contributed by atoms with Crippen molar-refractivity contribution in [2.24, 2.45) is 5.92 Å². The van der Waals surface area contributed by atoms with Crippen LogP contribution < -0.4 is 4.90 Å². The summed E-state index contributed by atoms with van der Waals surface area (Å²) in [7, 11) is 2.25. The molecule has 1 aromatic carbocycles. The summed E-state index contributed by atoms with van der Waals surface area (Å²) in [4.78, 5) is 14.3. The van der Waals surface area contributed by atoms with Crippen molar-refractivity contribution in [1.29, 1.82) is 0 Å². The van der Waals surface area contributed by atoms with Crippen molar-refractivity contribution in [3.8, 4) is 0 Å². The van der Waals surface area contributed by atoms with Crippen LogP contribution in [0.2, 0.25) is 0 Å². The molecule has 0 unspecified atom stereocenters. The highest BCUT2D eigenvalue weighted by Crippen LogP contribution is 2.35. The highest BCUT2D eigenvalue weighted by atomic mass is 15.3. The van der Waals surface area contributed by atoms with Crippen molar-refractivity contribution in [3.05, 3.63) is 29.6 Å². The highest BCUT2D eigenvalue weighted by molar-refractivity contribution is 5.90. The lowest BCUT2D eigenvalue weighted by atomic mass is 9.84. The number of aryl methyl sites for hydroxylation is 2. The van der Waals surface area contributed by atoms with Gasteiger partial charge in [0, 0.05) is 24.5 Å². The summed E-state index contributed by atoms with van der Waals surface area (Å²) in [5.41, 5.74) is 3.71. The molecule has 2 atom stereocenters. The van der Waals surface area contributed by atoms with E-state index in [1.54, 1.807) is 6.33 Å². The van der Waals surface area contributed by atoms with E-state index in [-0.39, 0.29) is 0 Å². The molecule has 2 saturated heterocycles. The predicted molar refractivity (Wildman–Crippen MR) is 95.0 cm³/mol. The van der Waals surface area contributed by atoms with Crippen LogP contribution >= 0.6 is 0 Å². The van der Waals surface area contributed by atoms with Crippen molar-refractivity contribution in [1.82, 2.24) is 14.9 Å². The van der Waals surface area contributed by atoms with Gasteiger partial charge in [-0.25, -0.2) is 9.97 Å². The predicted octanol–water partition coefficient (Wildman–Crippen LogP) is 3.17. The van der Waals surface area contributed by atoms with Gasteiger partial charge in [0.15, 0.2) is 0 Å². The van der Waals surface area contributed by atoms with E-state index in [0.29, 0.717) is 6.04 Å². The number of benzene rings is 1. The Balaban J connectivity index is 1.77. The van der Waals surface area contributed by atoms with Crippen molar-refractivity contribution < 1.29 is 0 Å². The van der Waals surface area contributed by atoms with E-state index in [1.165, 1.54) is 48.9 Å². The minimum Gasteiger partial charge on any atom is -0.353 e. The monoisotopic (exact) mass is 310 g/mol. The van der Waals surface area contributed by atoms with Gasteiger partial charge in [0.1, 0.15) is 12.1 Å². The molecule has 0 bridgehead atoms. The third kappa shape index (κ3) is 2.59. The molecule has 2 aliphatic heterocycles. The second kappa shape index (κ2) is 5.75. The van der Waals surface area contributed by atoms with E-state index in [9.17, 15) is 0 Å². The third-order valence-corrected chi connectivity index (χ3v) is 5.77. The molecule has 0 spiro atoms. The Morgan fingerprint density at radius 2 is 1.87 bits per heavy atom. The molecule has 3 heterocycles. The Morgan fingerprint density at radius 3 is 2.74 bits per heavy atom. The van der Waals surface area contributed by atoms with Gasteiger partial charge in [0.05, 0.1) is 5.52 Å². The van der Waals surface area contributed by atoms with Crippen molar-refractivity contribution in [2.45, 2.75) is 39.2 Å². The zero-order valence-electron chi connectivity index (χ0n) is 14.4. The van der Waals surface area contributed by atoms with Crippen LogP contribution in [0.3, 0.4) is 0 Å². The van der Waals surface area contributed by atoms with Crippen LogP contribution in [0.1, 0.15) is 30.4 Å². The highest BCUT2D eigenvalue weighted by Gasteiger charge is 2.36. The maximum absolute atomic E-state index is 4.71. The van der Waals surface area contributed by atoms with E-state index >= 15 is 0 Å². The lowest BCUT2D eigenvalue weighted by Crippen LogP contribution is -2.53. The largest absolute Gasteiger partial charge is 0.353 e. The van der Waals surface area contributed by atoms with Crippen LogP contribution in [0.4, 0.5) is 5.82 Å². The van der Waals surface area contributed by atoms with Crippen LogP contribution in [-0.4, -0.2) is 47.6 Å². The average molecular weight is 310 g/mol. The second-order valence-electron chi connectivity index (χ2n) is 7.36. The molecule has 0 aliphatic carbocycles. The lowest BCUT2D eigenvalue weighted by molar-refractivity contribution is 0.154. The van der Waals surface area contributed by atoms with Crippen LogP contribution in [0.25, 0.3) is 10.9 Å². The first-order chi connectivity index (χ1) is 11.1. The Hall–Kier alpha value is -1.68. The quantitative estimate of drug-likeness (QED) is 0.810. The van der Waals surface area contributed by atoms with Gasteiger partial charge in [0.2, 0.25) is 0 Å². The number of nitrogens with zero attached hydrogens (tertiary/aromatic N) is 4. The van der Waals surface area contributed by atoms with E-state index in [2.05, 4.69) is 47.8 Å². The normalized spacial score (nSPS) is 25.6. The van der Waals surface area contributed by atoms with Gasteiger partial charge < -0.3 is 9.80 Å². The van der Waals surface area contributed by atoms with Gasteiger partial charge in [-0.3, -0.25) is 0 Å². The summed E-state index contributed by atoms with van der Waals surface area (Å²) >= 11 is 0. The number of fused-ring (bicyclic) bond motifs is 2. The summed E-state index contributed by atoms with van der Waals surface area (Å²) < 4.78 is 0. The van der Waals surface area contributed by atoms with Crippen molar-refractivity contribution in [2.75, 3.05) is 31.6 Å². The molecule has 0 radical (unpaired) electrons. The topological polar surface area (TPSA) is 32.3 Å². The van der Waals surface area contributed by atoms with Crippen LogP contribution in [0.15, 0.2) is 18.5 Å². The van der Waals surface area contributed by atoms with Crippen LogP contribution in [0, 0.1) is 19.8 Å². The van der Waals surface area contributed by atoms with Gasteiger partial charge in [0.25, 0.3) is 0 Å². The number of hydrogen-bond acceptors (Lipinski definition) is 4. The molecule has 4 nitrogen and oxygen atoms in total. The van der Waals surface area contributed by atoms with Gasteiger partial charge in [-0.15, -0.1) is 0 Å². The molecule has 0 N–H and O–H groups in total. The first-order valence-corrected chi connectivity index (χ1v) is 8.80. The standard InChI is InChI=1S/C19H26N4/c1-13-9-16-17(10-14(13)2)20-12-21-19(16)23-7-4-5-15-11-22(3)8-6-18(15)23/h9-10,12,15,18H,4-8,11H2,1-3H3/t15-,18+/m0/s1. The SMILES string of the molecule is Cc1cc2ncnc(N3CCC[C@H]4CN(C)CC[C@H]43)c2cc1C. The fraction of sp³-hybridized carbons (Fsp3) is 0.579. The number of piperidine rings is 2. The molecule has 2 aromatic rings. The zero-order valence-corrected chi connectivity index (χ0v) is 14.4. The maximum Gasteiger partial charge on any atom is 0.140 e. The summed E-state index contributed by atoms with van der Waals surface area (Å²) in [6, 6.07) is 5.12. The fourth-order valence-corrected chi connectivity index (χ4v) is 4.38. The van der Waals surface area contributed by atoms with Crippen molar-refractivity contribution >= 4 is 16.7 Å². The summed E-state index contributed by atoms with van der Waals surface area (Å²) in [6.45, 7) is 7.88. The maximum atomic E-state index is 4.71. The number of rotatable bonds is 1. The van der Waals surface area contributed by atoms with Crippen LogP contribution in [-0.2, 0) is 0 Å². The average Bonchev–Trinajstić information content (AvgIpc) is 2.54. The molecule has 4 heteroatoms. The van der Waals surface area contributed by atoms with Gasteiger partial charge in [-0.2, -0.15) is 0 Å². The van der Waals surface area contributed by atoms with Gasteiger partial charge in [-0.05, 0) is 75.9 Å². The smallest absolute Gasteiger partial charge is 0.140 e. The Morgan fingerprint density at radius 1 is 1.04 bits per heavy atom. The van der Waals surface area contributed by atoms with Gasteiger partial charge in [-0.1, -0.05) is 0 Å². The summed E-state index contributed by atoms with van der Waals surface area (Å²) in [5, 5.41) is 1.22. The number of likely N-dealkylation sites (tertiary alicyclic amines) is 1. The molecular weight excluding hydrogens is 284 g/mol. The van der Waals surface area contributed by atoms with E-state index in [4.69, 9.17) is 4.98 Å². The Labute approximate surface area is 138 Å². The molecule has 1 aromatic heterocycles. The second-order valence-corrected chi connectivity index (χ2v) is 7.36. The Bertz CT molecular complexity index is 727. The molecule has 2 fully saturated rings. The molecule has 0 saturated carbocycles. The minimum atomic E-state index is 0.639. The summed E-state index contributed by atoms with van der Waals surface area (Å²) in [6.07, 6.45) is 5.61. The first-order valence-electron chi connectivity index (χ1n) is 8.80. The lowest BCUT2D eigenvalue weighted by Gasteiger charge is -2.47. The molecule has 122 valence electrons. The third-order valence-electron chi connectivity index (χ3n) is 5.77. The van der Waals surface area contributed by atoms with Crippen LogP contribution in [0.5, 0.6) is 0 Å². The molecule has 0 amide bonds. The minimum absolute atomic E-state index is 0.639. The number of hydrogen-bond donors (Lipinski definition) is 0. The summed E-state index contributed by atoms with van der Waals surface area (Å²) in [5.74, 6) is 1.93. The van der Waals surface area contributed by atoms with E-state index in [0.717, 1.165) is 23.8 Å². The molecular formula is C19H26N4. The van der Waals surface area contributed by atoms with E-state index < -0.39 is 0 Å². The molecule has 23 heavy (non-hydrogen) atoms. The fourth-order valence-electron chi connectivity index (χ4n) is 4.38. The Kier molecular flexibility index (Phi) is 3.72. The van der Waals surface area contributed by atoms with E-state index in [1.807, 2.05) is 0 Å². The number of aromatic nitrogens is 2. The molecule has 2 aliphatic rings. The zero-order chi connectivity index (χ0) is 16.0. The molecule has 4 rings (SSSR count). The number of anilines is 1. The van der Waals surface area contributed by atoms with Crippen molar-refractivity contribution in [3.63, 3.8) is 0 Å². The first kappa shape index (κ1) is 14.9. The van der Waals surface area contributed by atoms with Gasteiger partial charge >= 0.3 is 0 Å².